The molecule has 0 saturated heterocycles. The summed E-state index contributed by atoms with van der Waals surface area (Å²) in [5.41, 5.74) is 7.20. The highest BCUT2D eigenvalue weighted by atomic mass is 16.4. The minimum atomic E-state index is -0.457. The van der Waals surface area contributed by atoms with Crippen LogP contribution in [0.15, 0.2) is 33.5 Å². The lowest BCUT2D eigenvalue weighted by atomic mass is 10.0. The van der Waals surface area contributed by atoms with Crippen molar-refractivity contribution in [2.24, 2.45) is 0 Å². The van der Waals surface area contributed by atoms with Gasteiger partial charge in [0.25, 0.3) is 0 Å². The van der Waals surface area contributed by atoms with Gasteiger partial charge in [0.05, 0.1) is 0 Å². The summed E-state index contributed by atoms with van der Waals surface area (Å²) in [5, 5.41) is 0.908. The maximum absolute atomic E-state index is 11.3. The number of nitrogen functional groups attached to an aromatic ring is 1. The lowest BCUT2D eigenvalue weighted by Gasteiger charge is -2.04. The molecule has 2 rings (SSSR count). The summed E-state index contributed by atoms with van der Waals surface area (Å²) in [6, 6.07) is 7.67. The van der Waals surface area contributed by atoms with E-state index in [0.717, 1.165) is 11.8 Å². The zero-order valence-electron chi connectivity index (χ0n) is 12.2. The van der Waals surface area contributed by atoms with Crippen LogP contribution in [0.2, 0.25) is 0 Å². The average molecular weight is 273 g/mol. The Labute approximate surface area is 119 Å². The zero-order valence-corrected chi connectivity index (χ0v) is 12.2. The van der Waals surface area contributed by atoms with Gasteiger partial charge >= 0.3 is 5.63 Å². The number of nitrogens with two attached hydrogens (primary N) is 1. The van der Waals surface area contributed by atoms with Gasteiger partial charge in [-0.05, 0) is 36.6 Å². The number of fused-ring (bicyclic) bond motifs is 1. The quantitative estimate of drug-likeness (QED) is 0.605. The van der Waals surface area contributed by atoms with Gasteiger partial charge < -0.3 is 10.2 Å². The molecule has 0 unspecified atom stereocenters. The number of anilines is 1. The second kappa shape index (κ2) is 7.13. The van der Waals surface area contributed by atoms with Gasteiger partial charge in [-0.3, -0.25) is 0 Å². The van der Waals surface area contributed by atoms with E-state index in [-0.39, 0.29) is 5.69 Å². The maximum atomic E-state index is 11.3. The summed E-state index contributed by atoms with van der Waals surface area (Å²) < 4.78 is 5.14. The van der Waals surface area contributed by atoms with Gasteiger partial charge in [0, 0.05) is 5.39 Å². The number of aryl methyl sites for hydroxylation is 1. The van der Waals surface area contributed by atoms with Crippen molar-refractivity contribution in [1.29, 1.82) is 0 Å². The van der Waals surface area contributed by atoms with Crippen molar-refractivity contribution in [1.82, 2.24) is 0 Å². The van der Waals surface area contributed by atoms with Crippen molar-refractivity contribution in [2.75, 3.05) is 5.73 Å². The van der Waals surface area contributed by atoms with Gasteiger partial charge in [0.2, 0.25) is 0 Å². The Kier molecular flexibility index (Phi) is 5.22. The minimum Gasteiger partial charge on any atom is -0.421 e. The molecule has 0 radical (unpaired) electrons. The van der Waals surface area contributed by atoms with Crippen LogP contribution in [0.25, 0.3) is 11.0 Å². The van der Waals surface area contributed by atoms with Crippen molar-refractivity contribution < 1.29 is 4.42 Å². The molecular weight excluding hydrogens is 250 g/mol. The molecule has 0 amide bonds. The predicted octanol–water partition coefficient (Wildman–Crippen LogP) is 4.28. The number of hydrogen-bond donors (Lipinski definition) is 1. The van der Waals surface area contributed by atoms with Gasteiger partial charge in [-0.2, -0.15) is 0 Å². The monoisotopic (exact) mass is 273 g/mol. The Morgan fingerprint density at radius 2 is 1.80 bits per heavy atom. The van der Waals surface area contributed by atoms with Gasteiger partial charge in [0.15, 0.2) is 0 Å². The second-order valence-electron chi connectivity index (χ2n) is 5.38. The second-order valence-corrected chi connectivity index (χ2v) is 5.38. The van der Waals surface area contributed by atoms with E-state index >= 15 is 0 Å². The molecule has 2 aromatic rings. The Balaban J connectivity index is 1.94. The molecule has 108 valence electrons. The van der Waals surface area contributed by atoms with Crippen LogP contribution in [0, 0.1) is 0 Å². The molecular formula is C17H23NO2. The largest absolute Gasteiger partial charge is 0.421 e. The van der Waals surface area contributed by atoms with E-state index in [0.29, 0.717) is 5.58 Å². The standard InChI is InChI=1S/C17H23NO2/c1-2-3-4-5-6-7-8-13-9-10-16-14(11-13)12-15(18)17(19)20-16/h9-12H,2-8,18H2,1H3. The van der Waals surface area contributed by atoms with Gasteiger partial charge in [-0.25, -0.2) is 4.79 Å². The Morgan fingerprint density at radius 3 is 2.60 bits per heavy atom. The van der Waals surface area contributed by atoms with Crippen LogP contribution in [-0.2, 0) is 6.42 Å². The summed E-state index contributed by atoms with van der Waals surface area (Å²) in [7, 11) is 0. The highest BCUT2D eigenvalue weighted by molar-refractivity contribution is 5.79. The normalized spacial score (nSPS) is 11.1. The topological polar surface area (TPSA) is 56.2 Å². The molecule has 0 saturated carbocycles. The van der Waals surface area contributed by atoms with Crippen LogP contribution >= 0.6 is 0 Å². The van der Waals surface area contributed by atoms with Crippen LogP contribution in [0.3, 0.4) is 0 Å². The molecule has 0 fully saturated rings. The zero-order chi connectivity index (χ0) is 14.4. The summed E-state index contributed by atoms with van der Waals surface area (Å²) >= 11 is 0. The first-order chi connectivity index (χ1) is 9.70. The lowest BCUT2D eigenvalue weighted by molar-refractivity contribution is 0.564. The predicted molar refractivity (Wildman–Crippen MR) is 84.0 cm³/mol. The first kappa shape index (κ1) is 14.6. The van der Waals surface area contributed by atoms with Crippen molar-refractivity contribution in [3.05, 3.63) is 40.2 Å². The third-order valence-corrected chi connectivity index (χ3v) is 3.64. The molecule has 0 aliphatic heterocycles. The summed E-state index contributed by atoms with van der Waals surface area (Å²) in [5.74, 6) is 0. The van der Waals surface area contributed by atoms with Crippen molar-refractivity contribution in [2.45, 2.75) is 51.9 Å². The summed E-state index contributed by atoms with van der Waals surface area (Å²) in [6.45, 7) is 2.24. The number of hydrogen-bond acceptors (Lipinski definition) is 3. The Bertz CT molecular complexity index is 616. The van der Waals surface area contributed by atoms with Crippen LogP contribution in [0.4, 0.5) is 5.69 Å². The SMILES string of the molecule is CCCCCCCCc1ccc2oc(=O)c(N)cc2c1. The van der Waals surface area contributed by atoms with Gasteiger partial charge in [0.1, 0.15) is 11.3 Å². The van der Waals surface area contributed by atoms with Crippen LogP contribution in [-0.4, -0.2) is 0 Å². The Hall–Kier alpha value is -1.77. The molecule has 1 aromatic heterocycles. The fourth-order valence-electron chi connectivity index (χ4n) is 2.45. The van der Waals surface area contributed by atoms with Gasteiger partial charge in [-0.1, -0.05) is 45.1 Å². The molecule has 2 N–H and O–H groups in total. The maximum Gasteiger partial charge on any atom is 0.359 e. The third-order valence-electron chi connectivity index (χ3n) is 3.64. The Morgan fingerprint density at radius 1 is 1.05 bits per heavy atom. The highest BCUT2D eigenvalue weighted by Gasteiger charge is 2.03. The molecule has 0 atom stereocenters. The summed E-state index contributed by atoms with van der Waals surface area (Å²) in [4.78, 5) is 11.3. The highest BCUT2D eigenvalue weighted by Crippen LogP contribution is 2.18. The number of unbranched alkanes of at least 4 members (excludes halogenated alkanes) is 5. The van der Waals surface area contributed by atoms with E-state index in [1.165, 1.54) is 44.1 Å². The third kappa shape index (κ3) is 3.86. The molecule has 0 aliphatic carbocycles. The number of rotatable bonds is 7. The van der Waals surface area contributed by atoms with Crippen LogP contribution in [0.5, 0.6) is 0 Å². The molecule has 20 heavy (non-hydrogen) atoms. The number of benzene rings is 1. The van der Waals surface area contributed by atoms with Crippen LogP contribution in [0.1, 0.15) is 51.0 Å². The smallest absolute Gasteiger partial charge is 0.359 e. The first-order valence-corrected chi connectivity index (χ1v) is 7.53. The molecule has 0 aliphatic rings. The summed E-state index contributed by atoms with van der Waals surface area (Å²) in [6.07, 6.45) is 8.86. The molecule has 1 aromatic carbocycles. The van der Waals surface area contributed by atoms with Crippen molar-refractivity contribution in [3.63, 3.8) is 0 Å². The molecule has 0 spiro atoms. The molecule has 3 nitrogen and oxygen atoms in total. The van der Waals surface area contributed by atoms with E-state index in [9.17, 15) is 4.79 Å². The lowest BCUT2D eigenvalue weighted by Crippen LogP contribution is -2.05. The van der Waals surface area contributed by atoms with Crippen molar-refractivity contribution >= 4 is 16.7 Å². The van der Waals surface area contributed by atoms with E-state index in [4.69, 9.17) is 10.2 Å². The fourth-order valence-corrected chi connectivity index (χ4v) is 2.45. The molecule has 0 bridgehead atoms. The fraction of sp³-hybridized carbons (Fsp3) is 0.471. The minimum absolute atomic E-state index is 0.175. The van der Waals surface area contributed by atoms with E-state index in [2.05, 4.69) is 13.0 Å². The average Bonchev–Trinajstić information content (AvgIpc) is 2.44. The van der Waals surface area contributed by atoms with E-state index in [1.54, 1.807) is 6.07 Å². The van der Waals surface area contributed by atoms with Crippen LogP contribution < -0.4 is 11.4 Å². The van der Waals surface area contributed by atoms with Gasteiger partial charge in [-0.15, -0.1) is 0 Å². The van der Waals surface area contributed by atoms with E-state index < -0.39 is 5.63 Å². The van der Waals surface area contributed by atoms with Crippen molar-refractivity contribution in [3.8, 4) is 0 Å². The molecule has 1 heterocycles. The first-order valence-electron chi connectivity index (χ1n) is 7.53. The van der Waals surface area contributed by atoms with E-state index in [1.807, 2.05) is 12.1 Å². The molecule has 3 heteroatoms.